The van der Waals surface area contributed by atoms with Crippen LogP contribution in [-0.4, -0.2) is 0 Å². The topological polar surface area (TPSA) is 9.23 Å². The fraction of sp³-hybridized carbons (Fsp3) is 0.0769. The van der Waals surface area contributed by atoms with E-state index in [9.17, 15) is 0 Å². The summed E-state index contributed by atoms with van der Waals surface area (Å²) < 4.78 is 5.66. The molecule has 0 bridgehead atoms. The molecule has 0 aromatic heterocycles. The fourth-order valence-electron chi connectivity index (χ4n) is 1.38. The lowest BCUT2D eigenvalue weighted by Gasteiger charge is -2.09. The quantitative estimate of drug-likeness (QED) is 0.675. The summed E-state index contributed by atoms with van der Waals surface area (Å²) in [5, 5.41) is 0.878. The average molecular weight is 288 g/mol. The minimum atomic E-state index is 0.408. The Labute approximate surface area is 115 Å². The second kappa shape index (κ2) is 5.63. The van der Waals surface area contributed by atoms with Gasteiger partial charge in [0, 0.05) is 5.88 Å². The van der Waals surface area contributed by atoms with Gasteiger partial charge in [-0.25, -0.2) is 0 Å². The van der Waals surface area contributed by atoms with Crippen LogP contribution in [0.25, 0.3) is 0 Å². The summed E-state index contributed by atoms with van der Waals surface area (Å²) in [5.74, 6) is 1.67. The van der Waals surface area contributed by atoms with E-state index in [1.807, 2.05) is 24.3 Å². The van der Waals surface area contributed by atoms with Gasteiger partial charge in [-0.2, -0.15) is 0 Å². The van der Waals surface area contributed by atoms with Gasteiger partial charge in [-0.3, -0.25) is 0 Å². The Bertz CT molecular complexity index is 526. The van der Waals surface area contributed by atoms with E-state index >= 15 is 0 Å². The van der Waals surface area contributed by atoms with E-state index in [4.69, 9.17) is 39.5 Å². The minimum Gasteiger partial charge on any atom is -0.456 e. The first-order valence-electron chi connectivity index (χ1n) is 4.97. The van der Waals surface area contributed by atoms with Gasteiger partial charge in [0.05, 0.1) is 5.02 Å². The summed E-state index contributed by atoms with van der Waals surface area (Å²) in [6.45, 7) is 0. The van der Waals surface area contributed by atoms with E-state index in [1.165, 1.54) is 0 Å². The van der Waals surface area contributed by atoms with Crippen LogP contribution in [0.5, 0.6) is 11.5 Å². The molecule has 2 aromatic rings. The first kappa shape index (κ1) is 12.6. The Morgan fingerprint density at radius 2 is 1.76 bits per heavy atom. The third kappa shape index (κ3) is 3.06. The van der Waals surface area contributed by atoms with Gasteiger partial charge in [0.25, 0.3) is 0 Å². The highest BCUT2D eigenvalue weighted by molar-refractivity contribution is 6.42. The second-order valence-corrected chi connectivity index (χ2v) is 4.49. The molecule has 0 aliphatic heterocycles. The first-order valence-corrected chi connectivity index (χ1v) is 6.26. The minimum absolute atomic E-state index is 0.408. The van der Waals surface area contributed by atoms with Gasteiger partial charge < -0.3 is 4.74 Å². The molecule has 0 amide bonds. The first-order chi connectivity index (χ1) is 8.20. The normalized spacial score (nSPS) is 10.3. The van der Waals surface area contributed by atoms with Crippen molar-refractivity contribution in [3.63, 3.8) is 0 Å². The molecule has 1 nitrogen and oxygen atoms in total. The molecule has 0 aliphatic rings. The molecule has 0 spiro atoms. The number of hydrogen-bond acceptors (Lipinski definition) is 1. The van der Waals surface area contributed by atoms with E-state index < -0.39 is 0 Å². The number of hydrogen-bond donors (Lipinski definition) is 0. The van der Waals surface area contributed by atoms with Crippen LogP contribution < -0.4 is 4.74 Å². The highest BCUT2D eigenvalue weighted by atomic mass is 35.5. The SMILES string of the molecule is ClCc1cccc(Oc2cccc(Cl)c2Cl)c1. The second-order valence-electron chi connectivity index (χ2n) is 3.44. The molecular weight excluding hydrogens is 279 g/mol. The zero-order chi connectivity index (χ0) is 12.3. The fourth-order valence-corrected chi connectivity index (χ4v) is 1.88. The third-order valence-corrected chi connectivity index (χ3v) is 3.31. The van der Waals surface area contributed by atoms with E-state index in [1.54, 1.807) is 18.2 Å². The lowest BCUT2D eigenvalue weighted by atomic mass is 10.2. The van der Waals surface area contributed by atoms with Gasteiger partial charge >= 0.3 is 0 Å². The summed E-state index contributed by atoms with van der Waals surface area (Å²) in [5.41, 5.74) is 0.988. The van der Waals surface area contributed by atoms with Crippen molar-refractivity contribution in [1.82, 2.24) is 0 Å². The molecule has 0 atom stereocenters. The van der Waals surface area contributed by atoms with E-state index in [-0.39, 0.29) is 0 Å². The Hall–Kier alpha value is -0.890. The predicted molar refractivity (Wildman–Crippen MR) is 72.5 cm³/mol. The smallest absolute Gasteiger partial charge is 0.147 e. The van der Waals surface area contributed by atoms with Gasteiger partial charge in [-0.05, 0) is 29.8 Å². The number of halogens is 3. The van der Waals surface area contributed by atoms with Crippen molar-refractivity contribution in [2.75, 3.05) is 0 Å². The summed E-state index contributed by atoms with van der Waals surface area (Å²) in [6, 6.07) is 12.8. The van der Waals surface area contributed by atoms with Gasteiger partial charge in [0.15, 0.2) is 0 Å². The summed E-state index contributed by atoms with van der Waals surface area (Å²) >= 11 is 17.7. The van der Waals surface area contributed by atoms with Crippen LogP contribution in [0.15, 0.2) is 42.5 Å². The van der Waals surface area contributed by atoms with E-state index in [0.717, 1.165) is 5.56 Å². The molecule has 0 fully saturated rings. The van der Waals surface area contributed by atoms with Crippen molar-refractivity contribution in [2.45, 2.75) is 5.88 Å². The summed E-state index contributed by atoms with van der Waals surface area (Å²) in [4.78, 5) is 0. The standard InChI is InChI=1S/C13H9Cl3O/c14-8-9-3-1-4-10(7-9)17-12-6-2-5-11(15)13(12)16/h1-7H,8H2. The molecule has 0 aliphatic carbocycles. The van der Waals surface area contributed by atoms with Crippen LogP contribution >= 0.6 is 34.8 Å². The number of alkyl halides is 1. The van der Waals surface area contributed by atoms with E-state index in [0.29, 0.717) is 27.4 Å². The molecular formula is C13H9Cl3O. The van der Waals surface area contributed by atoms with Crippen LogP contribution in [0.4, 0.5) is 0 Å². The Morgan fingerprint density at radius 1 is 1.00 bits per heavy atom. The lowest BCUT2D eigenvalue weighted by molar-refractivity contribution is 0.482. The highest BCUT2D eigenvalue weighted by Gasteiger charge is 2.06. The maximum Gasteiger partial charge on any atom is 0.147 e. The summed E-state index contributed by atoms with van der Waals surface area (Å²) in [7, 11) is 0. The maximum absolute atomic E-state index is 6.03. The third-order valence-electron chi connectivity index (χ3n) is 2.20. The van der Waals surface area contributed by atoms with Crippen molar-refractivity contribution in [3.8, 4) is 11.5 Å². The zero-order valence-electron chi connectivity index (χ0n) is 8.79. The van der Waals surface area contributed by atoms with Crippen LogP contribution in [-0.2, 0) is 5.88 Å². The molecule has 0 heterocycles. The monoisotopic (exact) mass is 286 g/mol. The lowest BCUT2D eigenvalue weighted by Crippen LogP contribution is -1.87. The van der Waals surface area contributed by atoms with Gasteiger partial charge in [-0.1, -0.05) is 41.4 Å². The molecule has 2 aromatic carbocycles. The van der Waals surface area contributed by atoms with Crippen LogP contribution in [0.2, 0.25) is 10.0 Å². The Balaban J connectivity index is 2.28. The maximum atomic E-state index is 6.03. The number of benzene rings is 2. The van der Waals surface area contributed by atoms with Crippen LogP contribution in [0, 0.1) is 0 Å². The predicted octanol–water partition coefficient (Wildman–Crippen LogP) is 5.52. The molecule has 0 saturated carbocycles. The number of ether oxygens (including phenoxy) is 1. The zero-order valence-corrected chi connectivity index (χ0v) is 11.1. The average Bonchev–Trinajstić information content (AvgIpc) is 2.35. The Morgan fingerprint density at radius 3 is 2.53 bits per heavy atom. The molecule has 0 saturated heterocycles. The molecule has 17 heavy (non-hydrogen) atoms. The molecule has 2 rings (SSSR count). The van der Waals surface area contributed by atoms with Gasteiger partial charge in [0.2, 0.25) is 0 Å². The van der Waals surface area contributed by atoms with Crippen LogP contribution in [0.3, 0.4) is 0 Å². The van der Waals surface area contributed by atoms with Crippen LogP contribution in [0.1, 0.15) is 5.56 Å². The number of rotatable bonds is 3. The molecule has 88 valence electrons. The van der Waals surface area contributed by atoms with Gasteiger partial charge in [0.1, 0.15) is 16.5 Å². The van der Waals surface area contributed by atoms with Crippen molar-refractivity contribution >= 4 is 34.8 Å². The van der Waals surface area contributed by atoms with Crippen molar-refractivity contribution in [3.05, 3.63) is 58.1 Å². The van der Waals surface area contributed by atoms with Crippen molar-refractivity contribution < 1.29 is 4.74 Å². The summed E-state index contributed by atoms with van der Waals surface area (Å²) in [6.07, 6.45) is 0. The van der Waals surface area contributed by atoms with Crippen molar-refractivity contribution in [1.29, 1.82) is 0 Å². The molecule has 0 radical (unpaired) electrons. The molecule has 4 heteroatoms. The van der Waals surface area contributed by atoms with Crippen molar-refractivity contribution in [2.24, 2.45) is 0 Å². The molecule has 0 unspecified atom stereocenters. The highest BCUT2D eigenvalue weighted by Crippen LogP contribution is 2.34. The Kier molecular flexibility index (Phi) is 4.16. The van der Waals surface area contributed by atoms with E-state index in [2.05, 4.69) is 0 Å². The van der Waals surface area contributed by atoms with Gasteiger partial charge in [-0.15, -0.1) is 11.6 Å². The molecule has 0 N–H and O–H groups in total. The largest absolute Gasteiger partial charge is 0.456 e.